The van der Waals surface area contributed by atoms with E-state index in [1.807, 2.05) is 0 Å². The van der Waals surface area contributed by atoms with Crippen LogP contribution in [0.2, 0.25) is 0 Å². The number of carbonyl (C=O) groups is 3. The summed E-state index contributed by atoms with van der Waals surface area (Å²) in [5, 5.41) is 9.45. The molecule has 1 aliphatic heterocycles. The Hall–Kier alpha value is -2.72. The highest BCUT2D eigenvalue weighted by atomic mass is 79.9. The van der Waals surface area contributed by atoms with Crippen LogP contribution in [0.5, 0.6) is 11.5 Å². The van der Waals surface area contributed by atoms with Gasteiger partial charge in [-0.15, -0.1) is 0 Å². The van der Waals surface area contributed by atoms with Crippen molar-refractivity contribution in [1.82, 2.24) is 4.90 Å². The van der Waals surface area contributed by atoms with Crippen molar-refractivity contribution < 1.29 is 32.6 Å². The number of aliphatic carboxylic acids is 1. The van der Waals surface area contributed by atoms with Gasteiger partial charge in [0.15, 0.2) is 0 Å². The van der Waals surface area contributed by atoms with Gasteiger partial charge >= 0.3 is 5.97 Å². The molecule has 29 heavy (non-hydrogen) atoms. The van der Waals surface area contributed by atoms with Crippen LogP contribution in [-0.4, -0.2) is 54.3 Å². The largest absolute Gasteiger partial charge is 0.480 e. The summed E-state index contributed by atoms with van der Waals surface area (Å²) in [5.41, 5.74) is 0.0546. The molecule has 1 heterocycles. The lowest BCUT2D eigenvalue weighted by atomic mass is 10.1. The molecule has 0 fully saturated rings. The minimum atomic E-state index is -3.46. The average Bonchev–Trinajstić information content (AvgIpc) is 2.87. The second kappa shape index (κ2) is 7.96. The molecule has 0 bridgehead atoms. The minimum Gasteiger partial charge on any atom is -0.480 e. The molecule has 10 heteroatoms. The van der Waals surface area contributed by atoms with E-state index in [0.29, 0.717) is 16.4 Å². The molecule has 0 radical (unpaired) electrons. The molecule has 2 aromatic carbocycles. The third-order valence-electron chi connectivity index (χ3n) is 4.30. The summed E-state index contributed by atoms with van der Waals surface area (Å²) in [4.78, 5) is 37.6. The molecule has 0 spiro atoms. The van der Waals surface area contributed by atoms with Crippen molar-refractivity contribution in [2.45, 2.75) is 12.5 Å². The van der Waals surface area contributed by atoms with Crippen LogP contribution in [0.1, 0.15) is 27.1 Å². The van der Waals surface area contributed by atoms with E-state index < -0.39 is 39.4 Å². The number of hydrogen-bond donors (Lipinski definition) is 1. The number of carboxylic acids is 1. The smallest absolute Gasteiger partial charge is 0.326 e. The molecule has 8 nitrogen and oxygen atoms in total. The summed E-state index contributed by atoms with van der Waals surface area (Å²) in [7, 11) is -3.46. The number of halogens is 1. The van der Waals surface area contributed by atoms with Gasteiger partial charge in [-0.3, -0.25) is 14.5 Å². The summed E-state index contributed by atoms with van der Waals surface area (Å²) >= 11 is 3.31. The number of ether oxygens (including phenoxy) is 1. The Labute approximate surface area is 175 Å². The summed E-state index contributed by atoms with van der Waals surface area (Å²) in [6, 6.07) is 9.66. The summed E-state index contributed by atoms with van der Waals surface area (Å²) in [6.07, 6.45) is 0.571. The second-order valence-corrected chi connectivity index (χ2v) is 9.69. The molecule has 0 saturated carbocycles. The van der Waals surface area contributed by atoms with E-state index in [4.69, 9.17) is 4.74 Å². The van der Waals surface area contributed by atoms with Crippen molar-refractivity contribution in [2.75, 3.05) is 12.0 Å². The van der Waals surface area contributed by atoms with Gasteiger partial charge in [0.25, 0.3) is 11.8 Å². The van der Waals surface area contributed by atoms with Crippen LogP contribution in [0.3, 0.4) is 0 Å². The molecule has 1 aliphatic rings. The maximum absolute atomic E-state index is 12.8. The Kier molecular flexibility index (Phi) is 5.76. The zero-order valence-electron chi connectivity index (χ0n) is 15.2. The first-order valence-corrected chi connectivity index (χ1v) is 11.3. The molecular weight excluding hydrogens is 466 g/mol. The molecule has 0 saturated heterocycles. The highest BCUT2D eigenvalue weighted by Crippen LogP contribution is 2.31. The number of benzene rings is 2. The van der Waals surface area contributed by atoms with Crippen LogP contribution in [0, 0.1) is 0 Å². The van der Waals surface area contributed by atoms with E-state index in [-0.39, 0.29) is 17.5 Å². The zero-order valence-corrected chi connectivity index (χ0v) is 17.6. The van der Waals surface area contributed by atoms with E-state index in [1.54, 1.807) is 24.3 Å². The first kappa shape index (κ1) is 21.0. The number of fused-ring (bicyclic) bond motifs is 1. The third kappa shape index (κ3) is 4.65. The highest BCUT2D eigenvalue weighted by molar-refractivity contribution is 9.10. The van der Waals surface area contributed by atoms with Gasteiger partial charge in [0.1, 0.15) is 27.4 Å². The van der Waals surface area contributed by atoms with Crippen molar-refractivity contribution in [3.05, 3.63) is 58.1 Å². The quantitative estimate of drug-likeness (QED) is 0.603. The second-order valence-electron chi connectivity index (χ2n) is 6.52. The molecule has 2 aromatic rings. The van der Waals surface area contributed by atoms with Crippen LogP contribution >= 0.6 is 15.9 Å². The number of sulfone groups is 1. The minimum absolute atomic E-state index is 0.00946. The van der Waals surface area contributed by atoms with E-state index >= 15 is 0 Å². The van der Waals surface area contributed by atoms with Gasteiger partial charge in [-0.1, -0.05) is 15.9 Å². The topological polar surface area (TPSA) is 118 Å². The van der Waals surface area contributed by atoms with Gasteiger partial charge in [0.05, 0.1) is 16.9 Å². The zero-order chi connectivity index (χ0) is 21.3. The Morgan fingerprint density at radius 3 is 2.24 bits per heavy atom. The first-order chi connectivity index (χ1) is 13.6. The number of amides is 2. The average molecular weight is 482 g/mol. The van der Waals surface area contributed by atoms with Gasteiger partial charge in [0, 0.05) is 10.7 Å². The predicted octanol–water partition coefficient (Wildman–Crippen LogP) is 2.73. The Morgan fingerprint density at radius 1 is 1.07 bits per heavy atom. The fourth-order valence-electron chi connectivity index (χ4n) is 2.91. The molecule has 0 unspecified atom stereocenters. The molecule has 3 rings (SSSR count). The molecule has 2 amide bonds. The van der Waals surface area contributed by atoms with Gasteiger partial charge < -0.3 is 9.84 Å². The molecule has 0 aliphatic carbocycles. The van der Waals surface area contributed by atoms with E-state index in [2.05, 4.69) is 15.9 Å². The van der Waals surface area contributed by atoms with Crippen LogP contribution < -0.4 is 4.74 Å². The number of hydrogen-bond acceptors (Lipinski definition) is 6. The summed E-state index contributed by atoms with van der Waals surface area (Å²) < 4.78 is 29.3. The van der Waals surface area contributed by atoms with Crippen LogP contribution in [0.4, 0.5) is 0 Å². The van der Waals surface area contributed by atoms with Crippen molar-refractivity contribution in [3.8, 4) is 11.5 Å². The van der Waals surface area contributed by atoms with E-state index in [9.17, 15) is 27.9 Å². The fraction of sp³-hybridized carbons (Fsp3) is 0.211. The third-order valence-corrected chi connectivity index (χ3v) is 5.80. The standard InChI is InChI=1S/C19H16BrNO7S/c1-29(26,27)9-8-16(19(24)25)21-17(22)14-7-6-13(10-15(14)18(21)23)28-12-4-2-11(20)3-5-12/h2-7,10,16H,8-9H2,1H3,(H,24,25)/t16-/m0/s1. The highest BCUT2D eigenvalue weighted by Gasteiger charge is 2.43. The molecular formula is C19H16BrNO7S. The number of rotatable bonds is 7. The Bertz CT molecular complexity index is 1100. The van der Waals surface area contributed by atoms with Crippen LogP contribution in [-0.2, 0) is 14.6 Å². The SMILES string of the molecule is CS(=O)(=O)CC[C@@H](C(=O)O)N1C(=O)c2ccc(Oc3ccc(Br)cc3)cc2C1=O. The van der Waals surface area contributed by atoms with Crippen molar-refractivity contribution in [3.63, 3.8) is 0 Å². The Balaban J connectivity index is 1.87. The van der Waals surface area contributed by atoms with Gasteiger partial charge in [-0.25, -0.2) is 13.2 Å². The number of carbonyl (C=O) groups excluding carboxylic acids is 2. The number of imide groups is 1. The lowest BCUT2D eigenvalue weighted by molar-refractivity contribution is -0.141. The van der Waals surface area contributed by atoms with Crippen molar-refractivity contribution in [2.24, 2.45) is 0 Å². The maximum atomic E-state index is 12.8. The summed E-state index contributed by atoms with van der Waals surface area (Å²) in [5.74, 6) is -2.67. The lowest BCUT2D eigenvalue weighted by Crippen LogP contribution is -2.45. The molecule has 0 aromatic heterocycles. The maximum Gasteiger partial charge on any atom is 0.326 e. The monoisotopic (exact) mass is 481 g/mol. The van der Waals surface area contributed by atoms with Crippen molar-refractivity contribution in [1.29, 1.82) is 0 Å². The van der Waals surface area contributed by atoms with E-state index in [0.717, 1.165) is 10.7 Å². The fourth-order valence-corrected chi connectivity index (χ4v) is 3.83. The van der Waals surface area contributed by atoms with Gasteiger partial charge in [-0.05, 0) is 48.9 Å². The predicted molar refractivity (Wildman–Crippen MR) is 107 cm³/mol. The van der Waals surface area contributed by atoms with Gasteiger partial charge in [0.2, 0.25) is 0 Å². The first-order valence-electron chi connectivity index (χ1n) is 8.43. The van der Waals surface area contributed by atoms with Crippen LogP contribution in [0.15, 0.2) is 46.9 Å². The lowest BCUT2D eigenvalue weighted by Gasteiger charge is -2.22. The van der Waals surface area contributed by atoms with Crippen LogP contribution in [0.25, 0.3) is 0 Å². The Morgan fingerprint density at radius 2 is 1.66 bits per heavy atom. The number of carboxylic acid groups (broad SMARTS) is 1. The summed E-state index contributed by atoms with van der Waals surface area (Å²) in [6.45, 7) is 0. The molecule has 1 atom stereocenters. The molecule has 1 N–H and O–H groups in total. The normalized spacial score (nSPS) is 14.6. The van der Waals surface area contributed by atoms with Crippen molar-refractivity contribution >= 4 is 43.6 Å². The molecule has 152 valence electrons. The van der Waals surface area contributed by atoms with Gasteiger partial charge in [-0.2, -0.15) is 0 Å². The number of nitrogens with zero attached hydrogens (tertiary/aromatic N) is 1. The van der Waals surface area contributed by atoms with E-state index in [1.165, 1.54) is 18.2 Å².